The zero-order valence-electron chi connectivity index (χ0n) is 13.8. The van der Waals surface area contributed by atoms with Gasteiger partial charge in [-0.05, 0) is 37.8 Å². The summed E-state index contributed by atoms with van der Waals surface area (Å²) in [5.74, 6) is 1.22. The summed E-state index contributed by atoms with van der Waals surface area (Å²) in [6.45, 7) is 2.90. The van der Waals surface area contributed by atoms with Gasteiger partial charge in [-0.2, -0.15) is 0 Å². The van der Waals surface area contributed by atoms with Crippen LogP contribution in [0.1, 0.15) is 53.4 Å². The number of likely N-dealkylation sites (tertiary alicyclic amines) is 1. The van der Waals surface area contributed by atoms with E-state index in [9.17, 15) is 4.79 Å². The molecule has 2 fully saturated rings. The predicted molar refractivity (Wildman–Crippen MR) is 90.7 cm³/mol. The quantitative estimate of drug-likeness (QED) is 0.918. The number of hydrogen-bond acceptors (Lipinski definition) is 4. The van der Waals surface area contributed by atoms with Gasteiger partial charge in [-0.3, -0.25) is 9.69 Å². The van der Waals surface area contributed by atoms with Gasteiger partial charge in [0.25, 0.3) is 5.91 Å². The molecule has 24 heavy (non-hydrogen) atoms. The normalized spacial score (nSPS) is 21.6. The Kier molecular flexibility index (Phi) is 4.34. The standard InChI is InChI=1S/C19H23N3O2/c23-19(17-11-18(24-21-17)15-8-9-15)20-16-7-4-10-22(13-16)12-14-5-2-1-3-6-14/h1-3,5-6,11,15-16H,4,7-10,12-13H2,(H,20,23)/t16-/m1/s1. The summed E-state index contributed by atoms with van der Waals surface area (Å²) in [4.78, 5) is 14.8. The smallest absolute Gasteiger partial charge is 0.273 e. The molecule has 1 N–H and O–H groups in total. The van der Waals surface area contributed by atoms with Gasteiger partial charge in [-0.1, -0.05) is 35.5 Å². The minimum Gasteiger partial charge on any atom is -0.360 e. The first kappa shape index (κ1) is 15.4. The lowest BCUT2D eigenvalue weighted by Gasteiger charge is -2.33. The van der Waals surface area contributed by atoms with E-state index < -0.39 is 0 Å². The summed E-state index contributed by atoms with van der Waals surface area (Å²) >= 11 is 0. The zero-order chi connectivity index (χ0) is 16.4. The molecule has 4 rings (SSSR count). The number of hydrogen-bond donors (Lipinski definition) is 1. The van der Waals surface area contributed by atoms with Crippen molar-refractivity contribution in [3.63, 3.8) is 0 Å². The van der Waals surface area contributed by atoms with Crippen LogP contribution in [0.4, 0.5) is 0 Å². The van der Waals surface area contributed by atoms with Crippen molar-refractivity contribution >= 4 is 5.91 Å². The number of carbonyl (C=O) groups excluding carboxylic acids is 1. The summed E-state index contributed by atoms with van der Waals surface area (Å²) in [5.41, 5.74) is 1.73. The second kappa shape index (κ2) is 6.77. The number of rotatable bonds is 5. The van der Waals surface area contributed by atoms with Crippen LogP contribution in [0.25, 0.3) is 0 Å². The Bertz CT molecular complexity index is 694. The van der Waals surface area contributed by atoms with E-state index in [4.69, 9.17) is 4.52 Å². The molecule has 1 aromatic heterocycles. The highest BCUT2D eigenvalue weighted by atomic mass is 16.5. The van der Waals surface area contributed by atoms with Crippen LogP contribution in [0.2, 0.25) is 0 Å². The molecule has 0 spiro atoms. The van der Waals surface area contributed by atoms with Crippen LogP contribution in [0.5, 0.6) is 0 Å². The third-order valence-electron chi connectivity index (χ3n) is 4.83. The molecule has 2 aromatic rings. The Morgan fingerprint density at radius 1 is 1.25 bits per heavy atom. The fourth-order valence-electron chi connectivity index (χ4n) is 3.37. The van der Waals surface area contributed by atoms with E-state index >= 15 is 0 Å². The van der Waals surface area contributed by atoms with E-state index in [0.29, 0.717) is 11.6 Å². The van der Waals surface area contributed by atoms with Gasteiger partial charge < -0.3 is 9.84 Å². The predicted octanol–water partition coefficient (Wildman–Crippen LogP) is 2.95. The topological polar surface area (TPSA) is 58.4 Å². The number of aromatic nitrogens is 1. The third kappa shape index (κ3) is 3.67. The maximum atomic E-state index is 12.4. The van der Waals surface area contributed by atoms with Crippen LogP contribution in [0, 0.1) is 0 Å². The van der Waals surface area contributed by atoms with E-state index in [0.717, 1.165) is 51.1 Å². The van der Waals surface area contributed by atoms with Crippen molar-refractivity contribution in [2.45, 2.75) is 44.2 Å². The third-order valence-corrected chi connectivity index (χ3v) is 4.83. The van der Waals surface area contributed by atoms with Crippen molar-refractivity contribution in [2.75, 3.05) is 13.1 Å². The SMILES string of the molecule is O=C(N[C@@H]1CCCN(Cc2ccccc2)C1)c1cc(C2CC2)on1. The summed E-state index contributed by atoms with van der Waals surface area (Å²) < 4.78 is 5.28. The number of benzene rings is 1. The van der Waals surface area contributed by atoms with E-state index in [1.54, 1.807) is 6.07 Å². The molecule has 126 valence electrons. The van der Waals surface area contributed by atoms with Crippen LogP contribution in [0.3, 0.4) is 0 Å². The Morgan fingerprint density at radius 2 is 2.08 bits per heavy atom. The van der Waals surface area contributed by atoms with Gasteiger partial charge in [0.15, 0.2) is 5.69 Å². The lowest BCUT2D eigenvalue weighted by Crippen LogP contribution is -2.47. The molecule has 5 nitrogen and oxygen atoms in total. The molecule has 1 aromatic carbocycles. The number of piperidine rings is 1. The molecule has 0 bridgehead atoms. The zero-order valence-corrected chi connectivity index (χ0v) is 13.8. The monoisotopic (exact) mass is 325 g/mol. The van der Waals surface area contributed by atoms with Crippen molar-refractivity contribution in [1.29, 1.82) is 0 Å². The maximum absolute atomic E-state index is 12.4. The Labute approximate surface area is 142 Å². The second-order valence-electron chi connectivity index (χ2n) is 6.92. The van der Waals surface area contributed by atoms with E-state index in [-0.39, 0.29) is 11.9 Å². The number of nitrogens with zero attached hydrogens (tertiary/aromatic N) is 2. The highest BCUT2D eigenvalue weighted by Gasteiger charge is 2.29. The molecule has 1 saturated heterocycles. The lowest BCUT2D eigenvalue weighted by molar-refractivity contribution is 0.0891. The van der Waals surface area contributed by atoms with Crippen molar-refractivity contribution < 1.29 is 9.32 Å². The number of nitrogens with one attached hydrogen (secondary N) is 1. The van der Waals surface area contributed by atoms with E-state index in [1.807, 2.05) is 6.07 Å². The Hall–Kier alpha value is -2.14. The maximum Gasteiger partial charge on any atom is 0.273 e. The highest BCUT2D eigenvalue weighted by molar-refractivity contribution is 5.92. The van der Waals surface area contributed by atoms with Crippen LogP contribution in [-0.4, -0.2) is 35.1 Å². The second-order valence-corrected chi connectivity index (χ2v) is 6.92. The Balaban J connectivity index is 1.32. The largest absolute Gasteiger partial charge is 0.360 e. The van der Waals surface area contributed by atoms with Crippen LogP contribution >= 0.6 is 0 Å². The van der Waals surface area contributed by atoms with Gasteiger partial charge in [-0.25, -0.2) is 0 Å². The minimum absolute atomic E-state index is 0.114. The summed E-state index contributed by atoms with van der Waals surface area (Å²) in [5, 5.41) is 7.05. The average molecular weight is 325 g/mol. The molecule has 2 heterocycles. The van der Waals surface area contributed by atoms with Gasteiger partial charge in [0, 0.05) is 31.1 Å². The minimum atomic E-state index is -0.114. The lowest BCUT2D eigenvalue weighted by atomic mass is 10.0. The van der Waals surface area contributed by atoms with Gasteiger partial charge in [0.05, 0.1) is 0 Å². The molecule has 0 unspecified atom stereocenters. The highest BCUT2D eigenvalue weighted by Crippen LogP contribution is 2.40. The van der Waals surface area contributed by atoms with Crippen molar-refractivity contribution in [3.05, 3.63) is 53.4 Å². The summed E-state index contributed by atoms with van der Waals surface area (Å²) in [7, 11) is 0. The average Bonchev–Trinajstić information content (AvgIpc) is 3.33. The molecule has 1 amide bonds. The fraction of sp³-hybridized carbons (Fsp3) is 0.474. The van der Waals surface area contributed by atoms with Crippen molar-refractivity contribution in [3.8, 4) is 0 Å². The Morgan fingerprint density at radius 3 is 2.88 bits per heavy atom. The molecule has 1 atom stereocenters. The first-order chi connectivity index (χ1) is 11.8. The number of amides is 1. The first-order valence-corrected chi connectivity index (χ1v) is 8.82. The molecular formula is C19H23N3O2. The molecule has 1 aliphatic heterocycles. The fourth-order valence-corrected chi connectivity index (χ4v) is 3.37. The number of carbonyl (C=O) groups is 1. The van der Waals surface area contributed by atoms with Gasteiger partial charge in [-0.15, -0.1) is 0 Å². The summed E-state index contributed by atoms with van der Waals surface area (Å²) in [6, 6.07) is 12.5. The molecule has 1 aliphatic carbocycles. The molecule has 0 radical (unpaired) electrons. The van der Waals surface area contributed by atoms with Crippen LogP contribution in [-0.2, 0) is 6.54 Å². The van der Waals surface area contributed by atoms with Gasteiger partial charge >= 0.3 is 0 Å². The van der Waals surface area contributed by atoms with Crippen molar-refractivity contribution in [2.24, 2.45) is 0 Å². The van der Waals surface area contributed by atoms with Crippen molar-refractivity contribution in [1.82, 2.24) is 15.4 Å². The first-order valence-electron chi connectivity index (χ1n) is 8.82. The van der Waals surface area contributed by atoms with Gasteiger partial charge in [0.1, 0.15) is 5.76 Å². The molecule has 1 saturated carbocycles. The molecular weight excluding hydrogens is 302 g/mol. The summed E-state index contributed by atoms with van der Waals surface area (Å²) in [6.07, 6.45) is 4.41. The van der Waals surface area contributed by atoms with Crippen LogP contribution < -0.4 is 5.32 Å². The van der Waals surface area contributed by atoms with Gasteiger partial charge in [0.2, 0.25) is 0 Å². The molecule has 5 heteroatoms. The van der Waals surface area contributed by atoms with E-state index in [2.05, 4.69) is 39.6 Å². The molecule has 2 aliphatic rings. The van der Waals surface area contributed by atoms with E-state index in [1.165, 1.54) is 5.56 Å². The van der Waals surface area contributed by atoms with Crippen LogP contribution in [0.15, 0.2) is 40.9 Å².